The maximum Gasteiger partial charge on any atom is 0.242 e. The van der Waals surface area contributed by atoms with Gasteiger partial charge in [0.15, 0.2) is 0 Å². The third-order valence-corrected chi connectivity index (χ3v) is 3.61. The van der Waals surface area contributed by atoms with Gasteiger partial charge in [-0.05, 0) is 25.0 Å². The first-order valence-electron chi connectivity index (χ1n) is 6.64. The Morgan fingerprint density at radius 1 is 1.05 bits per heavy atom. The topological polar surface area (TPSA) is 82.6 Å². The minimum Gasteiger partial charge on any atom is -0.294 e. The number of nitrogens with zero attached hydrogens (tertiary/aromatic N) is 1. The smallest absolute Gasteiger partial charge is 0.242 e. The minimum atomic E-state index is -0.994. The van der Waals surface area contributed by atoms with Gasteiger partial charge in [0.1, 0.15) is 5.41 Å². The lowest BCUT2D eigenvalue weighted by molar-refractivity contribution is -0.144. The maximum absolute atomic E-state index is 12.1. The van der Waals surface area contributed by atoms with Gasteiger partial charge < -0.3 is 0 Å². The Bertz CT molecular complexity index is 513. The normalized spacial score (nSPS) is 17.2. The zero-order chi connectivity index (χ0) is 14.6. The van der Waals surface area contributed by atoms with E-state index in [9.17, 15) is 9.59 Å². The van der Waals surface area contributed by atoms with Crippen molar-refractivity contribution in [1.82, 2.24) is 10.6 Å². The molecule has 1 aliphatic heterocycles. The molecule has 0 bridgehead atoms. The average Bonchev–Trinajstić information content (AvgIpc) is 2.47. The fourth-order valence-electron chi connectivity index (χ4n) is 2.17. The van der Waals surface area contributed by atoms with Crippen molar-refractivity contribution < 1.29 is 9.59 Å². The third kappa shape index (κ3) is 2.49. The molecule has 1 fully saturated rings. The van der Waals surface area contributed by atoms with Gasteiger partial charge in [0, 0.05) is 0 Å². The second-order valence-corrected chi connectivity index (χ2v) is 4.64. The van der Waals surface area contributed by atoms with E-state index in [4.69, 9.17) is 0 Å². The van der Waals surface area contributed by atoms with Crippen LogP contribution in [0.5, 0.6) is 0 Å². The number of hydrazone groups is 1. The van der Waals surface area contributed by atoms with E-state index in [-0.39, 0.29) is 17.8 Å². The van der Waals surface area contributed by atoms with Crippen molar-refractivity contribution in [3.8, 4) is 0 Å². The number of benzene rings is 1. The highest BCUT2D eigenvalue weighted by atomic mass is 16.2. The van der Waals surface area contributed by atoms with Gasteiger partial charge in [0.05, 0.1) is 5.69 Å². The van der Waals surface area contributed by atoms with E-state index in [1.165, 1.54) is 0 Å². The second-order valence-electron chi connectivity index (χ2n) is 4.64. The van der Waals surface area contributed by atoms with E-state index < -0.39 is 5.41 Å². The van der Waals surface area contributed by atoms with Gasteiger partial charge in [-0.25, -0.2) is 0 Å². The third-order valence-electron chi connectivity index (χ3n) is 3.61. The lowest BCUT2D eigenvalue weighted by Crippen LogP contribution is -2.62. The van der Waals surface area contributed by atoms with Crippen LogP contribution < -0.4 is 16.1 Å². The molecule has 1 aromatic carbocycles. The van der Waals surface area contributed by atoms with E-state index in [0.717, 1.165) is 5.69 Å². The standard InChI is InChI=1S/C14H18N4O2/c1-3-14(4-2)11(19)15-13(16-12(14)20)18-17-10-8-6-5-7-9-10/h5-9,17H,3-4H2,1-2H3,(H2,15,16,18,19,20). The van der Waals surface area contributed by atoms with Crippen molar-refractivity contribution in [3.05, 3.63) is 30.3 Å². The van der Waals surface area contributed by atoms with Crippen LogP contribution in [0.25, 0.3) is 0 Å². The summed E-state index contributed by atoms with van der Waals surface area (Å²) in [4.78, 5) is 24.3. The summed E-state index contributed by atoms with van der Waals surface area (Å²) in [6.45, 7) is 3.65. The Hall–Kier alpha value is -2.37. The first-order chi connectivity index (χ1) is 9.62. The van der Waals surface area contributed by atoms with E-state index >= 15 is 0 Å². The van der Waals surface area contributed by atoms with Crippen molar-refractivity contribution in [2.75, 3.05) is 5.43 Å². The number of rotatable bonds is 4. The molecule has 0 saturated carbocycles. The van der Waals surface area contributed by atoms with Crippen LogP contribution in [-0.4, -0.2) is 17.8 Å². The largest absolute Gasteiger partial charge is 0.294 e. The summed E-state index contributed by atoms with van der Waals surface area (Å²) in [6.07, 6.45) is 0.918. The summed E-state index contributed by atoms with van der Waals surface area (Å²) in [6, 6.07) is 9.27. The van der Waals surface area contributed by atoms with Crippen LogP contribution in [0.4, 0.5) is 5.69 Å². The maximum atomic E-state index is 12.1. The van der Waals surface area contributed by atoms with Crippen molar-refractivity contribution in [1.29, 1.82) is 0 Å². The van der Waals surface area contributed by atoms with Crippen molar-refractivity contribution in [2.24, 2.45) is 10.5 Å². The Morgan fingerprint density at radius 2 is 1.60 bits per heavy atom. The lowest BCUT2D eigenvalue weighted by atomic mass is 9.79. The molecule has 0 aromatic heterocycles. The fourth-order valence-corrected chi connectivity index (χ4v) is 2.17. The highest BCUT2D eigenvalue weighted by Gasteiger charge is 2.46. The van der Waals surface area contributed by atoms with Crippen LogP contribution in [0.1, 0.15) is 26.7 Å². The number of carbonyl (C=O) groups excluding carboxylic acids is 2. The zero-order valence-corrected chi connectivity index (χ0v) is 11.6. The summed E-state index contributed by atoms with van der Waals surface area (Å²) < 4.78 is 0. The van der Waals surface area contributed by atoms with Crippen LogP contribution in [0, 0.1) is 5.41 Å². The number of hydrogen-bond acceptors (Lipinski definition) is 4. The van der Waals surface area contributed by atoms with Crippen LogP contribution in [0.2, 0.25) is 0 Å². The van der Waals surface area contributed by atoms with Gasteiger partial charge in [-0.1, -0.05) is 32.0 Å². The monoisotopic (exact) mass is 274 g/mol. The Kier molecular flexibility index (Phi) is 4.02. The molecule has 1 saturated heterocycles. The molecule has 1 heterocycles. The number of nitrogens with one attached hydrogen (secondary N) is 3. The molecule has 0 atom stereocenters. The summed E-state index contributed by atoms with van der Waals surface area (Å²) in [5, 5.41) is 9.24. The number of hydrogen-bond donors (Lipinski definition) is 3. The Labute approximate surface area is 117 Å². The minimum absolute atomic E-state index is 0.126. The highest BCUT2D eigenvalue weighted by Crippen LogP contribution is 2.28. The number of amides is 2. The van der Waals surface area contributed by atoms with E-state index in [2.05, 4.69) is 21.2 Å². The zero-order valence-electron chi connectivity index (χ0n) is 11.6. The van der Waals surface area contributed by atoms with E-state index in [1.807, 2.05) is 44.2 Å². The molecule has 20 heavy (non-hydrogen) atoms. The molecule has 0 radical (unpaired) electrons. The van der Waals surface area contributed by atoms with Gasteiger partial charge in [0.25, 0.3) is 0 Å². The first kappa shape index (κ1) is 14.0. The number of para-hydroxylation sites is 1. The SMILES string of the molecule is CCC1(CC)C(=O)NC(=NNc2ccccc2)NC1=O. The summed E-state index contributed by atoms with van der Waals surface area (Å²) in [5.41, 5.74) is 2.55. The predicted octanol–water partition coefficient (Wildman–Crippen LogP) is 1.42. The molecule has 6 nitrogen and oxygen atoms in total. The second kappa shape index (κ2) is 5.73. The van der Waals surface area contributed by atoms with E-state index in [0.29, 0.717) is 12.8 Å². The summed E-state index contributed by atoms with van der Waals surface area (Å²) >= 11 is 0. The van der Waals surface area contributed by atoms with Crippen LogP contribution >= 0.6 is 0 Å². The Balaban J connectivity index is 2.11. The van der Waals surface area contributed by atoms with Crippen LogP contribution in [-0.2, 0) is 9.59 Å². The first-order valence-corrected chi connectivity index (χ1v) is 6.64. The number of carbonyl (C=O) groups is 2. The molecule has 0 spiro atoms. The lowest BCUT2D eigenvalue weighted by Gasteiger charge is -2.33. The van der Waals surface area contributed by atoms with Gasteiger partial charge in [0.2, 0.25) is 17.8 Å². The average molecular weight is 274 g/mol. The molecule has 1 aliphatic rings. The van der Waals surface area contributed by atoms with Crippen molar-refractivity contribution in [3.63, 3.8) is 0 Å². The number of guanidine groups is 1. The molecule has 6 heteroatoms. The summed E-state index contributed by atoms with van der Waals surface area (Å²) in [5.74, 6) is -0.485. The molecule has 0 aliphatic carbocycles. The predicted molar refractivity (Wildman–Crippen MR) is 76.8 cm³/mol. The molecule has 2 rings (SSSR count). The molecule has 2 amide bonds. The molecule has 0 unspecified atom stereocenters. The molecule has 3 N–H and O–H groups in total. The van der Waals surface area contributed by atoms with Gasteiger partial charge in [-0.2, -0.15) is 0 Å². The number of anilines is 1. The highest BCUT2D eigenvalue weighted by molar-refractivity contribution is 6.20. The fraction of sp³-hybridized carbons (Fsp3) is 0.357. The van der Waals surface area contributed by atoms with Gasteiger partial charge >= 0.3 is 0 Å². The van der Waals surface area contributed by atoms with E-state index in [1.54, 1.807) is 0 Å². The van der Waals surface area contributed by atoms with Crippen molar-refractivity contribution in [2.45, 2.75) is 26.7 Å². The van der Waals surface area contributed by atoms with Crippen LogP contribution in [0.15, 0.2) is 35.4 Å². The molecule has 106 valence electrons. The molecular formula is C14H18N4O2. The molecule has 1 aromatic rings. The van der Waals surface area contributed by atoms with Crippen molar-refractivity contribution >= 4 is 23.5 Å². The van der Waals surface area contributed by atoms with Gasteiger partial charge in [-0.15, -0.1) is 5.10 Å². The van der Waals surface area contributed by atoms with Crippen LogP contribution in [0.3, 0.4) is 0 Å². The quantitative estimate of drug-likeness (QED) is 0.573. The summed E-state index contributed by atoms with van der Waals surface area (Å²) in [7, 11) is 0. The Morgan fingerprint density at radius 3 is 2.10 bits per heavy atom. The molecular weight excluding hydrogens is 256 g/mol. The van der Waals surface area contributed by atoms with Gasteiger partial charge in [-0.3, -0.25) is 25.6 Å².